The molecule has 224 valence electrons. The zero-order valence-electron chi connectivity index (χ0n) is 24.0. The highest BCUT2D eigenvalue weighted by Crippen LogP contribution is 2.35. The number of pyridine rings is 1. The fourth-order valence-corrected chi connectivity index (χ4v) is 5.64. The van der Waals surface area contributed by atoms with Crippen LogP contribution in [0.3, 0.4) is 0 Å². The number of nitrogens with zero attached hydrogens (tertiary/aromatic N) is 5. The van der Waals surface area contributed by atoms with Crippen molar-refractivity contribution in [2.75, 3.05) is 49.1 Å². The average Bonchev–Trinajstić information content (AvgIpc) is 3.28. The van der Waals surface area contributed by atoms with Crippen molar-refractivity contribution >= 4 is 23.5 Å². The number of alkyl halides is 3. The summed E-state index contributed by atoms with van der Waals surface area (Å²) in [6.45, 7) is 7.64. The first-order valence-electron chi connectivity index (χ1n) is 14.5. The molecule has 2 aliphatic heterocycles. The standard InChI is InChI=1S/C31H36F3N5O3/c1-21-7-5-12-39(20-21)30-36-29(31(32,33)34)28(42-30)25(40)17-23-10-11-26(35-19-23)37-13-6-14-38(16-15-37)27(41)18-24-9-4-3-8-22(24)2/h3-4,8-11,19,21H,5-7,12-18,20H2,1-2H3. The fourth-order valence-electron chi connectivity index (χ4n) is 5.64. The second-order valence-corrected chi connectivity index (χ2v) is 11.3. The van der Waals surface area contributed by atoms with E-state index < -0.39 is 23.4 Å². The third kappa shape index (κ3) is 6.94. The van der Waals surface area contributed by atoms with Gasteiger partial charge >= 0.3 is 6.18 Å². The lowest BCUT2D eigenvalue weighted by Crippen LogP contribution is -2.36. The molecule has 0 N–H and O–H groups in total. The van der Waals surface area contributed by atoms with E-state index in [1.807, 2.05) is 43.0 Å². The van der Waals surface area contributed by atoms with Gasteiger partial charge in [-0.15, -0.1) is 0 Å². The van der Waals surface area contributed by atoms with Gasteiger partial charge < -0.3 is 19.1 Å². The smallest absolute Gasteiger partial charge is 0.420 e. The van der Waals surface area contributed by atoms with Crippen LogP contribution in [0.1, 0.15) is 59.1 Å². The van der Waals surface area contributed by atoms with Crippen LogP contribution in [-0.4, -0.2) is 65.8 Å². The van der Waals surface area contributed by atoms with Gasteiger partial charge in [0.25, 0.3) is 6.01 Å². The molecule has 1 atom stereocenters. The largest absolute Gasteiger partial charge is 0.437 e. The van der Waals surface area contributed by atoms with Gasteiger partial charge in [-0.3, -0.25) is 9.59 Å². The normalized spacial score (nSPS) is 18.2. The molecule has 1 unspecified atom stereocenters. The molecule has 0 saturated carbocycles. The third-order valence-corrected chi connectivity index (χ3v) is 8.01. The fraction of sp³-hybridized carbons (Fsp3) is 0.484. The monoisotopic (exact) mass is 583 g/mol. The minimum Gasteiger partial charge on any atom is -0.420 e. The lowest BCUT2D eigenvalue weighted by atomic mass is 10.0. The number of amides is 1. The molecule has 1 amide bonds. The van der Waals surface area contributed by atoms with Gasteiger partial charge in [-0.05, 0) is 54.9 Å². The Morgan fingerprint density at radius 3 is 2.48 bits per heavy atom. The van der Waals surface area contributed by atoms with E-state index in [4.69, 9.17) is 4.42 Å². The predicted molar refractivity (Wildman–Crippen MR) is 153 cm³/mol. The highest BCUT2D eigenvalue weighted by Gasteiger charge is 2.42. The zero-order chi connectivity index (χ0) is 29.9. The number of aryl methyl sites for hydroxylation is 1. The third-order valence-electron chi connectivity index (χ3n) is 8.01. The SMILES string of the molecule is Cc1ccccc1CC(=O)N1CCCN(c2ccc(CC(=O)c3oc(N4CCCC(C)C4)nc3C(F)(F)F)cn2)CC1. The van der Waals surface area contributed by atoms with E-state index in [2.05, 4.69) is 14.9 Å². The first-order chi connectivity index (χ1) is 20.1. The number of piperidine rings is 1. The number of anilines is 2. The van der Waals surface area contributed by atoms with Crippen LogP contribution in [0.25, 0.3) is 0 Å². The van der Waals surface area contributed by atoms with E-state index in [0.29, 0.717) is 63.0 Å². The summed E-state index contributed by atoms with van der Waals surface area (Å²) in [7, 11) is 0. The Morgan fingerprint density at radius 2 is 1.76 bits per heavy atom. The molecule has 4 heterocycles. The first-order valence-corrected chi connectivity index (χ1v) is 14.5. The van der Waals surface area contributed by atoms with Crippen molar-refractivity contribution in [3.63, 3.8) is 0 Å². The summed E-state index contributed by atoms with van der Waals surface area (Å²) in [5.74, 6) is -0.468. The lowest BCUT2D eigenvalue weighted by Gasteiger charge is -2.29. The predicted octanol–water partition coefficient (Wildman–Crippen LogP) is 5.34. The van der Waals surface area contributed by atoms with Crippen LogP contribution in [0.5, 0.6) is 0 Å². The second kappa shape index (κ2) is 12.5. The molecule has 0 bridgehead atoms. The summed E-state index contributed by atoms with van der Waals surface area (Å²) in [6, 6.07) is 11.2. The molecule has 2 aliphatic rings. The van der Waals surface area contributed by atoms with Gasteiger partial charge in [0.05, 0.1) is 6.42 Å². The van der Waals surface area contributed by atoms with Gasteiger partial charge in [0.2, 0.25) is 17.5 Å². The molecule has 2 aromatic heterocycles. The number of hydrogen-bond donors (Lipinski definition) is 0. The molecular weight excluding hydrogens is 547 g/mol. The van der Waals surface area contributed by atoms with E-state index in [1.165, 1.54) is 6.20 Å². The number of oxazole rings is 1. The lowest BCUT2D eigenvalue weighted by molar-refractivity contribution is -0.141. The molecule has 0 aliphatic carbocycles. The number of aromatic nitrogens is 2. The minimum absolute atomic E-state index is 0.0940. The number of ketones is 1. The second-order valence-electron chi connectivity index (χ2n) is 11.3. The maximum absolute atomic E-state index is 13.8. The number of halogens is 3. The first kappa shape index (κ1) is 29.6. The van der Waals surface area contributed by atoms with Crippen molar-refractivity contribution < 1.29 is 27.2 Å². The number of benzene rings is 1. The Hall–Kier alpha value is -3.89. The van der Waals surface area contributed by atoms with E-state index in [-0.39, 0.29) is 18.3 Å². The highest BCUT2D eigenvalue weighted by molar-refractivity contribution is 5.96. The topological polar surface area (TPSA) is 82.8 Å². The van der Waals surface area contributed by atoms with Crippen LogP contribution < -0.4 is 9.80 Å². The maximum atomic E-state index is 13.8. The molecule has 5 rings (SSSR count). The summed E-state index contributed by atoms with van der Waals surface area (Å²) < 4.78 is 46.7. The van der Waals surface area contributed by atoms with Crippen molar-refractivity contribution in [3.8, 4) is 0 Å². The maximum Gasteiger partial charge on any atom is 0.437 e. The molecule has 2 saturated heterocycles. The quantitative estimate of drug-likeness (QED) is 0.347. The van der Waals surface area contributed by atoms with Crippen LogP contribution in [0, 0.1) is 12.8 Å². The van der Waals surface area contributed by atoms with Gasteiger partial charge in [0.1, 0.15) is 5.82 Å². The van der Waals surface area contributed by atoms with Gasteiger partial charge in [-0.1, -0.05) is 37.3 Å². The summed E-state index contributed by atoms with van der Waals surface area (Å²) in [5.41, 5.74) is 1.32. The number of hydrogen-bond acceptors (Lipinski definition) is 7. The Kier molecular flexibility index (Phi) is 8.84. The molecule has 2 fully saturated rings. The molecule has 0 radical (unpaired) electrons. The molecular formula is C31H36F3N5O3. The van der Waals surface area contributed by atoms with E-state index in [0.717, 1.165) is 30.4 Å². The van der Waals surface area contributed by atoms with E-state index in [9.17, 15) is 22.8 Å². The average molecular weight is 584 g/mol. The summed E-state index contributed by atoms with van der Waals surface area (Å²) in [6.07, 6.45) is -0.624. The van der Waals surface area contributed by atoms with Gasteiger partial charge in [0.15, 0.2) is 5.69 Å². The highest BCUT2D eigenvalue weighted by atomic mass is 19.4. The minimum atomic E-state index is -4.81. The van der Waals surface area contributed by atoms with Crippen LogP contribution in [0.2, 0.25) is 0 Å². The van der Waals surface area contributed by atoms with Crippen molar-refractivity contribution in [3.05, 3.63) is 70.7 Å². The van der Waals surface area contributed by atoms with Crippen LogP contribution in [0.15, 0.2) is 47.0 Å². The van der Waals surface area contributed by atoms with Gasteiger partial charge in [0, 0.05) is 51.9 Å². The van der Waals surface area contributed by atoms with Gasteiger partial charge in [-0.2, -0.15) is 18.2 Å². The molecule has 8 nitrogen and oxygen atoms in total. The summed E-state index contributed by atoms with van der Waals surface area (Å²) in [5, 5.41) is 0. The van der Waals surface area contributed by atoms with Crippen molar-refractivity contribution in [2.24, 2.45) is 5.92 Å². The van der Waals surface area contributed by atoms with E-state index in [1.54, 1.807) is 17.0 Å². The van der Waals surface area contributed by atoms with Crippen molar-refractivity contribution in [1.29, 1.82) is 0 Å². The molecule has 1 aromatic carbocycles. The number of carbonyl (C=O) groups is 2. The van der Waals surface area contributed by atoms with E-state index >= 15 is 0 Å². The molecule has 11 heteroatoms. The number of Topliss-reactive ketones (excluding diaryl/α,β-unsaturated/α-hetero) is 1. The Balaban J connectivity index is 1.21. The molecule has 42 heavy (non-hydrogen) atoms. The molecule has 0 spiro atoms. The van der Waals surface area contributed by atoms with Crippen LogP contribution in [-0.2, 0) is 23.8 Å². The summed E-state index contributed by atoms with van der Waals surface area (Å²) in [4.78, 5) is 39.8. The Labute approximate surface area is 243 Å². The summed E-state index contributed by atoms with van der Waals surface area (Å²) >= 11 is 0. The number of rotatable bonds is 7. The Bertz CT molecular complexity index is 1410. The Morgan fingerprint density at radius 1 is 0.976 bits per heavy atom. The van der Waals surface area contributed by atoms with Gasteiger partial charge in [-0.25, -0.2) is 4.98 Å². The van der Waals surface area contributed by atoms with Crippen LogP contribution >= 0.6 is 0 Å². The zero-order valence-corrected chi connectivity index (χ0v) is 24.0. The van der Waals surface area contributed by atoms with Crippen molar-refractivity contribution in [2.45, 2.75) is 52.1 Å². The number of carbonyl (C=O) groups excluding carboxylic acids is 2. The van der Waals surface area contributed by atoms with Crippen LogP contribution in [0.4, 0.5) is 25.0 Å². The van der Waals surface area contributed by atoms with Crippen molar-refractivity contribution in [1.82, 2.24) is 14.9 Å². The molecule has 3 aromatic rings.